The van der Waals surface area contributed by atoms with Crippen LogP contribution < -0.4 is 14.8 Å². The molecule has 8 heteroatoms. The first kappa shape index (κ1) is 22.6. The lowest BCUT2D eigenvalue weighted by molar-refractivity contribution is -0.0100. The SMILES string of the molecule is Fc1ccc(Cl)c(-c2ccc(NCC3CC4(CCN(Cc5ccc6c(c5)OCO6)CC4)C3)nn2)c1. The maximum Gasteiger partial charge on any atom is 0.231 e. The summed E-state index contributed by atoms with van der Waals surface area (Å²) in [6, 6.07) is 14.2. The largest absolute Gasteiger partial charge is 0.454 e. The van der Waals surface area contributed by atoms with Gasteiger partial charge < -0.3 is 14.8 Å². The number of nitrogens with zero attached hydrogens (tertiary/aromatic N) is 3. The number of piperidine rings is 1. The number of hydrogen-bond acceptors (Lipinski definition) is 6. The van der Waals surface area contributed by atoms with Crippen molar-refractivity contribution < 1.29 is 13.9 Å². The second-order valence-electron chi connectivity index (χ2n) is 10.0. The number of anilines is 1. The van der Waals surface area contributed by atoms with E-state index < -0.39 is 0 Å². The van der Waals surface area contributed by atoms with Crippen LogP contribution >= 0.6 is 11.6 Å². The van der Waals surface area contributed by atoms with Gasteiger partial charge in [-0.25, -0.2) is 4.39 Å². The number of benzene rings is 2. The zero-order valence-electron chi connectivity index (χ0n) is 19.5. The lowest BCUT2D eigenvalue weighted by atomic mass is 9.57. The molecule has 1 aromatic heterocycles. The molecule has 1 saturated heterocycles. The number of fused-ring (bicyclic) bond motifs is 1. The van der Waals surface area contributed by atoms with Crippen LogP contribution in [0.5, 0.6) is 11.5 Å². The minimum absolute atomic E-state index is 0.322. The van der Waals surface area contributed by atoms with E-state index in [0.29, 0.717) is 34.4 Å². The van der Waals surface area contributed by atoms with E-state index in [1.807, 2.05) is 18.2 Å². The van der Waals surface area contributed by atoms with Gasteiger partial charge in [0, 0.05) is 18.7 Å². The van der Waals surface area contributed by atoms with Crippen molar-refractivity contribution in [1.82, 2.24) is 15.1 Å². The molecule has 1 spiro atoms. The molecule has 182 valence electrons. The van der Waals surface area contributed by atoms with Gasteiger partial charge in [-0.3, -0.25) is 4.90 Å². The fraction of sp³-hybridized carbons (Fsp3) is 0.407. The second-order valence-corrected chi connectivity index (χ2v) is 10.5. The van der Waals surface area contributed by atoms with Gasteiger partial charge in [0.2, 0.25) is 6.79 Å². The Kier molecular flexibility index (Phi) is 5.98. The molecule has 6 rings (SSSR count). The van der Waals surface area contributed by atoms with Crippen molar-refractivity contribution in [1.29, 1.82) is 0 Å². The molecule has 35 heavy (non-hydrogen) atoms. The van der Waals surface area contributed by atoms with E-state index in [0.717, 1.165) is 43.5 Å². The normalized spacial score (nSPS) is 19.0. The molecule has 3 aromatic rings. The first-order chi connectivity index (χ1) is 17.1. The van der Waals surface area contributed by atoms with Crippen molar-refractivity contribution in [3.8, 4) is 22.8 Å². The van der Waals surface area contributed by atoms with Crippen molar-refractivity contribution in [3.63, 3.8) is 0 Å². The Hall–Kier alpha value is -2.90. The van der Waals surface area contributed by atoms with Gasteiger partial charge in [-0.1, -0.05) is 17.7 Å². The number of halogens is 2. The molecular formula is C27H28ClFN4O2. The van der Waals surface area contributed by atoms with Gasteiger partial charge in [0.25, 0.3) is 0 Å². The Labute approximate surface area is 209 Å². The van der Waals surface area contributed by atoms with E-state index in [2.05, 4.69) is 32.5 Å². The first-order valence-electron chi connectivity index (χ1n) is 12.2. The molecule has 1 saturated carbocycles. The van der Waals surface area contributed by atoms with Gasteiger partial charge >= 0.3 is 0 Å². The van der Waals surface area contributed by atoms with Crippen LogP contribution in [0.25, 0.3) is 11.3 Å². The van der Waals surface area contributed by atoms with Crippen molar-refractivity contribution in [3.05, 3.63) is 64.9 Å². The third-order valence-corrected chi connectivity index (χ3v) is 7.97. The Balaban J connectivity index is 0.958. The van der Waals surface area contributed by atoms with Crippen LogP contribution in [0.4, 0.5) is 10.2 Å². The highest BCUT2D eigenvalue weighted by Gasteiger charge is 2.45. The molecule has 2 aliphatic heterocycles. The van der Waals surface area contributed by atoms with Crippen molar-refractivity contribution >= 4 is 17.4 Å². The summed E-state index contributed by atoms with van der Waals surface area (Å²) in [5.74, 6) is 2.77. The molecule has 3 heterocycles. The number of rotatable bonds is 6. The molecular weight excluding hydrogens is 467 g/mol. The first-order valence-corrected chi connectivity index (χ1v) is 12.6. The summed E-state index contributed by atoms with van der Waals surface area (Å²) in [4.78, 5) is 2.55. The van der Waals surface area contributed by atoms with Crippen molar-refractivity contribution in [2.24, 2.45) is 11.3 Å². The van der Waals surface area contributed by atoms with Gasteiger partial charge in [0.15, 0.2) is 11.5 Å². The van der Waals surface area contributed by atoms with E-state index in [-0.39, 0.29) is 5.82 Å². The van der Waals surface area contributed by atoms with Crippen LogP contribution in [-0.4, -0.2) is 41.5 Å². The van der Waals surface area contributed by atoms with Crippen LogP contribution in [0.15, 0.2) is 48.5 Å². The van der Waals surface area contributed by atoms with Crippen LogP contribution in [0, 0.1) is 17.2 Å². The Morgan fingerprint density at radius 1 is 1.00 bits per heavy atom. The molecule has 2 aromatic carbocycles. The van der Waals surface area contributed by atoms with E-state index in [1.165, 1.54) is 49.4 Å². The van der Waals surface area contributed by atoms with Gasteiger partial charge in [-0.2, -0.15) is 0 Å². The standard InChI is InChI=1S/C27H28ClFN4O2/c28-22-3-2-20(29)12-21(22)23-4-6-26(32-31-23)30-15-19-13-27(14-19)7-9-33(10-8-27)16-18-1-5-24-25(11-18)35-17-34-24/h1-6,11-12,19H,7-10,13-17H2,(H,30,32). The summed E-state index contributed by atoms with van der Waals surface area (Å²) < 4.78 is 24.5. The minimum atomic E-state index is -0.342. The summed E-state index contributed by atoms with van der Waals surface area (Å²) >= 11 is 6.18. The highest BCUT2D eigenvalue weighted by molar-refractivity contribution is 6.33. The highest BCUT2D eigenvalue weighted by atomic mass is 35.5. The number of likely N-dealkylation sites (tertiary alicyclic amines) is 1. The third-order valence-electron chi connectivity index (χ3n) is 7.64. The second kappa shape index (κ2) is 9.28. The highest BCUT2D eigenvalue weighted by Crippen LogP contribution is 2.52. The fourth-order valence-electron chi connectivity index (χ4n) is 5.71. The zero-order chi connectivity index (χ0) is 23.8. The molecule has 3 aliphatic rings. The average Bonchev–Trinajstić information content (AvgIpc) is 3.32. The topological polar surface area (TPSA) is 59.5 Å². The van der Waals surface area contributed by atoms with Crippen LogP contribution in [-0.2, 0) is 6.54 Å². The molecule has 1 N–H and O–H groups in total. The fourth-order valence-corrected chi connectivity index (χ4v) is 5.93. The molecule has 0 unspecified atom stereocenters. The van der Waals surface area contributed by atoms with Crippen LogP contribution in [0.3, 0.4) is 0 Å². The quantitative estimate of drug-likeness (QED) is 0.469. The van der Waals surface area contributed by atoms with Crippen LogP contribution in [0.1, 0.15) is 31.2 Å². The Morgan fingerprint density at radius 3 is 2.63 bits per heavy atom. The summed E-state index contributed by atoms with van der Waals surface area (Å²) in [6.45, 7) is 4.47. The lowest BCUT2D eigenvalue weighted by Gasteiger charge is -2.52. The number of hydrogen-bond donors (Lipinski definition) is 1. The molecule has 6 nitrogen and oxygen atoms in total. The minimum Gasteiger partial charge on any atom is -0.454 e. The van der Waals surface area contributed by atoms with Crippen molar-refractivity contribution in [2.45, 2.75) is 32.2 Å². The summed E-state index contributed by atoms with van der Waals surface area (Å²) in [5.41, 5.74) is 2.90. The number of nitrogens with one attached hydrogen (secondary N) is 1. The average molecular weight is 495 g/mol. The molecule has 0 atom stereocenters. The van der Waals surface area contributed by atoms with E-state index in [4.69, 9.17) is 21.1 Å². The number of ether oxygens (including phenoxy) is 2. The predicted octanol–water partition coefficient (Wildman–Crippen LogP) is 5.77. The monoisotopic (exact) mass is 494 g/mol. The zero-order valence-corrected chi connectivity index (χ0v) is 20.2. The molecule has 0 bridgehead atoms. The van der Waals surface area contributed by atoms with E-state index >= 15 is 0 Å². The van der Waals surface area contributed by atoms with Gasteiger partial charge in [0.1, 0.15) is 11.6 Å². The molecule has 0 amide bonds. The summed E-state index contributed by atoms with van der Waals surface area (Å²) in [5, 5.41) is 12.4. The van der Waals surface area contributed by atoms with E-state index in [1.54, 1.807) is 0 Å². The third kappa shape index (κ3) is 4.80. The smallest absolute Gasteiger partial charge is 0.231 e. The van der Waals surface area contributed by atoms with Gasteiger partial charge in [-0.15, -0.1) is 10.2 Å². The summed E-state index contributed by atoms with van der Waals surface area (Å²) in [7, 11) is 0. The van der Waals surface area contributed by atoms with Gasteiger partial charge in [-0.05, 0) is 98.1 Å². The molecule has 1 aliphatic carbocycles. The maximum absolute atomic E-state index is 13.6. The number of aromatic nitrogens is 2. The predicted molar refractivity (Wildman–Crippen MR) is 133 cm³/mol. The maximum atomic E-state index is 13.6. The molecule has 0 radical (unpaired) electrons. The Bertz CT molecular complexity index is 1210. The van der Waals surface area contributed by atoms with E-state index in [9.17, 15) is 4.39 Å². The van der Waals surface area contributed by atoms with Crippen LogP contribution in [0.2, 0.25) is 5.02 Å². The van der Waals surface area contributed by atoms with Crippen molar-refractivity contribution in [2.75, 3.05) is 31.7 Å². The molecule has 2 fully saturated rings. The Morgan fingerprint density at radius 2 is 1.83 bits per heavy atom. The summed E-state index contributed by atoms with van der Waals surface area (Å²) in [6.07, 6.45) is 5.05. The van der Waals surface area contributed by atoms with Gasteiger partial charge in [0.05, 0.1) is 10.7 Å². The lowest BCUT2D eigenvalue weighted by Crippen LogP contribution is -2.48.